The Labute approximate surface area is 244 Å². The summed E-state index contributed by atoms with van der Waals surface area (Å²) in [5.41, 5.74) is 3.24. The number of aromatic amines is 1. The number of nitrogens with one attached hydrogen (secondary N) is 1. The summed E-state index contributed by atoms with van der Waals surface area (Å²) in [6, 6.07) is 21.2. The average Bonchev–Trinajstić information content (AvgIpc) is 2.95. The van der Waals surface area contributed by atoms with E-state index in [9.17, 15) is 9.59 Å². The number of hydrogen-bond donors (Lipinski definition) is 1. The van der Waals surface area contributed by atoms with Crippen molar-refractivity contribution in [1.29, 1.82) is 0 Å². The van der Waals surface area contributed by atoms with Crippen LogP contribution in [0.1, 0.15) is 37.6 Å². The molecule has 2 heterocycles. The molecule has 0 bridgehead atoms. The van der Waals surface area contributed by atoms with Crippen LogP contribution in [0.15, 0.2) is 76.7 Å². The van der Waals surface area contributed by atoms with Gasteiger partial charge in [-0.3, -0.25) is 14.6 Å². The smallest absolute Gasteiger partial charge is 0.325 e. The first-order valence-corrected chi connectivity index (χ1v) is 14.9. The minimum Gasteiger partial charge on any atom is -0.490 e. The fraction of sp³-hybridized carbons (Fsp3) is 0.241. The predicted molar refractivity (Wildman–Crippen MR) is 159 cm³/mol. The highest BCUT2D eigenvalue weighted by Gasteiger charge is 2.45. The van der Waals surface area contributed by atoms with E-state index in [0.29, 0.717) is 46.8 Å². The summed E-state index contributed by atoms with van der Waals surface area (Å²) in [7, 11) is 0. The molecule has 0 spiro atoms. The number of ether oxygens (including phenoxy) is 2. The van der Waals surface area contributed by atoms with Crippen LogP contribution in [0.2, 0.25) is 0 Å². The van der Waals surface area contributed by atoms with Gasteiger partial charge in [0.05, 0.1) is 27.0 Å². The van der Waals surface area contributed by atoms with Crippen molar-refractivity contribution < 1.29 is 19.0 Å². The van der Waals surface area contributed by atoms with E-state index in [1.807, 2.05) is 86.8 Å². The highest BCUT2D eigenvalue weighted by molar-refractivity contribution is 14.1. The Morgan fingerprint density at radius 2 is 1.85 bits per heavy atom. The number of halogens is 1. The van der Waals surface area contributed by atoms with Gasteiger partial charge in [0.2, 0.25) is 11.1 Å². The van der Waals surface area contributed by atoms with Crippen LogP contribution in [0, 0.1) is 3.57 Å². The molecular weight excluding hydrogens is 627 g/mol. The average molecular weight is 656 g/mol. The number of rotatable bonds is 8. The normalized spacial score (nSPS) is 13.9. The van der Waals surface area contributed by atoms with E-state index >= 15 is 0 Å². The number of thioether (sulfide) groups is 1. The summed E-state index contributed by atoms with van der Waals surface area (Å²) >= 11 is 3.57. The molecule has 10 heteroatoms. The van der Waals surface area contributed by atoms with Gasteiger partial charge in [-0.1, -0.05) is 61.2 Å². The molecular formula is C29H28IN4O4S+. The molecule has 1 N–H and O–H groups in total. The summed E-state index contributed by atoms with van der Waals surface area (Å²) < 4.78 is 14.8. The van der Waals surface area contributed by atoms with Crippen LogP contribution < -0.4 is 24.6 Å². The van der Waals surface area contributed by atoms with Crippen LogP contribution in [0.4, 0.5) is 5.69 Å². The lowest BCUT2D eigenvalue weighted by molar-refractivity contribution is -0.763. The van der Waals surface area contributed by atoms with Gasteiger partial charge in [-0.15, -0.1) is 0 Å². The Bertz CT molecular complexity index is 1580. The summed E-state index contributed by atoms with van der Waals surface area (Å²) in [5, 5.41) is 5.23. The Morgan fingerprint density at radius 1 is 1.10 bits per heavy atom. The van der Waals surface area contributed by atoms with Crippen molar-refractivity contribution in [2.24, 2.45) is 0 Å². The molecule has 3 aromatic carbocycles. The molecule has 1 aliphatic rings. The van der Waals surface area contributed by atoms with Gasteiger partial charge in [0.25, 0.3) is 6.17 Å². The second kappa shape index (κ2) is 11.8. The molecule has 0 radical (unpaired) electrons. The first kappa shape index (κ1) is 27.2. The SMILES string of the molecule is CCOc1cc([C@H]2N(C(=O)CC)c3ccccc3-c3c(=O)[nH]c(SC)n[n+]32)cc(I)c1OCc1ccccc1. The van der Waals surface area contributed by atoms with Crippen molar-refractivity contribution in [1.82, 2.24) is 10.1 Å². The molecule has 4 aromatic rings. The van der Waals surface area contributed by atoms with Gasteiger partial charge in [-0.05, 0) is 70.3 Å². The monoisotopic (exact) mass is 655 g/mol. The van der Waals surface area contributed by atoms with E-state index in [-0.39, 0.29) is 17.9 Å². The van der Waals surface area contributed by atoms with Crippen molar-refractivity contribution >= 4 is 45.9 Å². The molecule has 8 nitrogen and oxygen atoms in total. The Hall–Kier alpha value is -3.38. The van der Waals surface area contributed by atoms with Gasteiger partial charge >= 0.3 is 11.3 Å². The van der Waals surface area contributed by atoms with E-state index in [1.54, 1.807) is 9.58 Å². The number of fused-ring (bicyclic) bond motifs is 3. The van der Waals surface area contributed by atoms with Crippen LogP contribution >= 0.6 is 34.4 Å². The number of amides is 1. The summed E-state index contributed by atoms with van der Waals surface area (Å²) in [6.45, 7) is 4.57. The summed E-state index contributed by atoms with van der Waals surface area (Å²) in [4.78, 5) is 31.5. The topological polar surface area (TPSA) is 88.4 Å². The minimum absolute atomic E-state index is 0.0873. The maximum Gasteiger partial charge on any atom is 0.325 e. The second-order valence-electron chi connectivity index (χ2n) is 8.80. The number of nitrogens with zero attached hydrogens (tertiary/aromatic N) is 3. The maximum atomic E-state index is 13.5. The third-order valence-corrected chi connectivity index (χ3v) is 7.75. The zero-order valence-electron chi connectivity index (χ0n) is 21.8. The molecule has 0 fully saturated rings. The number of carbonyl (C=O) groups excluding carboxylic acids is 1. The number of H-pyrrole nitrogens is 1. The molecule has 0 saturated heterocycles. The number of aromatic nitrogens is 3. The quantitative estimate of drug-likeness (QED) is 0.157. The molecule has 1 aliphatic heterocycles. The van der Waals surface area contributed by atoms with Crippen molar-refractivity contribution in [3.8, 4) is 22.8 Å². The lowest BCUT2D eigenvalue weighted by Crippen LogP contribution is -2.60. The Kier molecular flexibility index (Phi) is 8.22. The largest absolute Gasteiger partial charge is 0.490 e. The number of carbonyl (C=O) groups is 1. The lowest BCUT2D eigenvalue weighted by atomic mass is 10.0. The summed E-state index contributed by atoms with van der Waals surface area (Å²) in [6.07, 6.45) is 1.43. The fourth-order valence-electron chi connectivity index (χ4n) is 4.67. The molecule has 39 heavy (non-hydrogen) atoms. The number of anilines is 1. The molecule has 0 unspecified atom stereocenters. The Balaban J connectivity index is 1.70. The standard InChI is InChI=1S/C29H27IN4O4S/c1-4-24(35)33-22-14-10-9-13-20(22)25-27(36)31-29(39-3)32-34(25)28(33)19-15-21(30)26(23(16-19)37-5-2)38-17-18-11-7-6-8-12-18/h6-16,28H,4-5,17H2,1-3H3/p+1/t28-/m0/s1. The first-order chi connectivity index (χ1) is 19.0. The summed E-state index contributed by atoms with van der Waals surface area (Å²) in [5.74, 6) is 1.11. The van der Waals surface area contributed by atoms with Gasteiger partial charge in [0.15, 0.2) is 11.5 Å². The van der Waals surface area contributed by atoms with Crippen LogP contribution in [0.3, 0.4) is 0 Å². The van der Waals surface area contributed by atoms with Crippen LogP contribution in [-0.2, 0) is 11.4 Å². The molecule has 1 amide bonds. The molecule has 5 rings (SSSR count). The zero-order chi connectivity index (χ0) is 27.5. The first-order valence-electron chi connectivity index (χ1n) is 12.6. The van der Waals surface area contributed by atoms with E-state index in [1.165, 1.54) is 11.8 Å². The van der Waals surface area contributed by atoms with Crippen molar-refractivity contribution in [3.63, 3.8) is 0 Å². The maximum absolute atomic E-state index is 13.5. The van der Waals surface area contributed by atoms with Crippen molar-refractivity contribution in [3.05, 3.63) is 91.8 Å². The third-order valence-electron chi connectivity index (χ3n) is 6.38. The van der Waals surface area contributed by atoms with E-state index in [0.717, 1.165) is 14.7 Å². The number of para-hydroxylation sites is 1. The van der Waals surface area contributed by atoms with Crippen molar-refractivity contribution in [2.75, 3.05) is 17.8 Å². The zero-order valence-corrected chi connectivity index (χ0v) is 24.8. The van der Waals surface area contributed by atoms with Gasteiger partial charge in [0.1, 0.15) is 6.61 Å². The van der Waals surface area contributed by atoms with Crippen molar-refractivity contribution in [2.45, 2.75) is 38.2 Å². The molecule has 1 aromatic heterocycles. The number of hydrogen-bond acceptors (Lipinski definition) is 6. The molecule has 200 valence electrons. The fourth-order valence-corrected chi connectivity index (χ4v) is 5.82. The van der Waals surface area contributed by atoms with E-state index in [4.69, 9.17) is 14.6 Å². The highest BCUT2D eigenvalue weighted by Crippen LogP contribution is 2.41. The highest BCUT2D eigenvalue weighted by atomic mass is 127. The minimum atomic E-state index is -0.702. The number of benzene rings is 3. The van der Waals surface area contributed by atoms with Gasteiger partial charge in [-0.2, -0.15) is 0 Å². The lowest BCUT2D eigenvalue weighted by Gasteiger charge is -2.32. The van der Waals surface area contributed by atoms with Crippen LogP contribution in [0.5, 0.6) is 11.5 Å². The van der Waals surface area contributed by atoms with Gasteiger partial charge in [0, 0.05) is 11.5 Å². The van der Waals surface area contributed by atoms with Gasteiger partial charge in [-0.25, -0.2) is 4.90 Å². The molecule has 1 atom stereocenters. The van der Waals surface area contributed by atoms with E-state index < -0.39 is 6.17 Å². The second-order valence-corrected chi connectivity index (χ2v) is 10.8. The Morgan fingerprint density at radius 3 is 2.56 bits per heavy atom. The third kappa shape index (κ3) is 5.27. The van der Waals surface area contributed by atoms with Crippen LogP contribution in [0.25, 0.3) is 11.3 Å². The van der Waals surface area contributed by atoms with E-state index in [2.05, 4.69) is 27.6 Å². The van der Waals surface area contributed by atoms with Gasteiger partial charge < -0.3 is 9.47 Å². The van der Waals surface area contributed by atoms with Crippen LogP contribution in [-0.4, -0.2) is 28.9 Å². The predicted octanol–water partition coefficient (Wildman–Crippen LogP) is 5.33. The molecule has 0 aliphatic carbocycles. The molecule has 0 saturated carbocycles.